The van der Waals surface area contributed by atoms with E-state index >= 15 is 0 Å². The van der Waals surface area contributed by atoms with Crippen molar-refractivity contribution in [2.24, 2.45) is 0 Å². The van der Waals surface area contributed by atoms with Gasteiger partial charge in [0.1, 0.15) is 12.7 Å². The van der Waals surface area contributed by atoms with E-state index < -0.39 is 23.6 Å². The third-order valence-corrected chi connectivity index (χ3v) is 2.75. The molecule has 6 heteroatoms. The molecular weight excluding hydrogens is 240 g/mol. The monoisotopic (exact) mass is 260 g/mol. The average Bonchev–Trinajstić information content (AvgIpc) is 2.78. The van der Waals surface area contributed by atoms with E-state index in [1.165, 1.54) is 0 Å². The summed E-state index contributed by atoms with van der Waals surface area (Å²) in [6.07, 6.45) is -0.880. The first-order chi connectivity index (χ1) is 8.27. The molecule has 2 aliphatic heterocycles. The number of carbonyl (C=O) groups excluding carboxylic acids is 1. The lowest BCUT2D eigenvalue weighted by Crippen LogP contribution is -2.31. The van der Waals surface area contributed by atoms with Crippen LogP contribution in [0.4, 0.5) is 0 Å². The van der Waals surface area contributed by atoms with Gasteiger partial charge in [-0.3, -0.25) is 0 Å². The summed E-state index contributed by atoms with van der Waals surface area (Å²) in [4.78, 5) is 11.7. The molecule has 2 fully saturated rings. The minimum Gasteiger partial charge on any atom is -0.461 e. The zero-order valence-electron chi connectivity index (χ0n) is 11.2. The fraction of sp³-hybridized carbons (Fsp3) is 0.917. The van der Waals surface area contributed by atoms with Crippen LogP contribution in [0.1, 0.15) is 27.7 Å². The quantitative estimate of drug-likeness (QED) is 0.700. The molecule has 0 N–H and O–H groups in total. The Hall–Kier alpha value is -0.690. The lowest BCUT2D eigenvalue weighted by Gasteiger charge is -2.18. The van der Waals surface area contributed by atoms with Gasteiger partial charge < -0.3 is 23.7 Å². The van der Waals surface area contributed by atoms with E-state index in [4.69, 9.17) is 23.7 Å². The van der Waals surface area contributed by atoms with Crippen molar-refractivity contribution < 1.29 is 28.5 Å². The maximum Gasteiger partial charge on any atom is 0.337 e. The van der Waals surface area contributed by atoms with Gasteiger partial charge in [-0.05, 0) is 27.7 Å². The molecule has 0 aliphatic carbocycles. The second-order valence-corrected chi connectivity index (χ2v) is 5.40. The van der Waals surface area contributed by atoms with Gasteiger partial charge in [-0.1, -0.05) is 0 Å². The fourth-order valence-corrected chi connectivity index (χ4v) is 1.92. The van der Waals surface area contributed by atoms with Gasteiger partial charge in [0, 0.05) is 0 Å². The summed E-state index contributed by atoms with van der Waals surface area (Å²) >= 11 is 0. The molecule has 0 spiro atoms. The van der Waals surface area contributed by atoms with Crippen LogP contribution in [0, 0.1) is 0 Å². The van der Waals surface area contributed by atoms with Crippen molar-refractivity contribution in [1.82, 2.24) is 0 Å². The van der Waals surface area contributed by atoms with Crippen LogP contribution in [-0.2, 0) is 28.5 Å². The van der Waals surface area contributed by atoms with E-state index in [0.29, 0.717) is 6.61 Å². The Kier molecular flexibility index (Phi) is 3.64. The molecular formula is C12H20O6. The van der Waals surface area contributed by atoms with Gasteiger partial charge in [0.25, 0.3) is 0 Å². The highest BCUT2D eigenvalue weighted by molar-refractivity contribution is 5.75. The van der Waals surface area contributed by atoms with Crippen molar-refractivity contribution in [3.8, 4) is 0 Å². The number of esters is 1. The molecule has 2 aliphatic rings. The van der Waals surface area contributed by atoms with Crippen molar-refractivity contribution in [2.75, 3.05) is 19.8 Å². The Balaban J connectivity index is 1.73. The third-order valence-electron chi connectivity index (χ3n) is 2.75. The highest BCUT2D eigenvalue weighted by Gasteiger charge is 2.39. The summed E-state index contributed by atoms with van der Waals surface area (Å²) in [7, 11) is 0. The van der Waals surface area contributed by atoms with E-state index in [-0.39, 0.29) is 19.3 Å². The molecule has 0 radical (unpaired) electrons. The average molecular weight is 260 g/mol. The van der Waals surface area contributed by atoms with E-state index in [9.17, 15) is 4.79 Å². The van der Waals surface area contributed by atoms with Crippen LogP contribution in [0.3, 0.4) is 0 Å². The summed E-state index contributed by atoms with van der Waals surface area (Å²) in [6.45, 7) is 7.99. The van der Waals surface area contributed by atoms with Crippen molar-refractivity contribution in [3.63, 3.8) is 0 Å². The van der Waals surface area contributed by atoms with Crippen molar-refractivity contribution in [1.29, 1.82) is 0 Å². The van der Waals surface area contributed by atoms with Crippen molar-refractivity contribution in [3.05, 3.63) is 0 Å². The molecule has 0 aromatic carbocycles. The SMILES string of the molecule is CC1(C)OC[C@@H](COC(=O)[C@@H]2COC(C)(C)O2)O1. The summed E-state index contributed by atoms with van der Waals surface area (Å²) < 4.78 is 26.8. The number of hydrogen-bond donors (Lipinski definition) is 0. The Morgan fingerprint density at radius 3 is 2.22 bits per heavy atom. The van der Waals surface area contributed by atoms with E-state index in [1.54, 1.807) is 13.8 Å². The topological polar surface area (TPSA) is 63.2 Å². The lowest BCUT2D eigenvalue weighted by molar-refractivity contribution is -0.175. The van der Waals surface area contributed by atoms with Crippen LogP contribution < -0.4 is 0 Å². The number of rotatable bonds is 3. The number of ether oxygens (including phenoxy) is 5. The Bertz CT molecular complexity index is 325. The highest BCUT2D eigenvalue weighted by Crippen LogP contribution is 2.24. The first-order valence-electron chi connectivity index (χ1n) is 6.08. The molecule has 2 atom stereocenters. The van der Waals surface area contributed by atoms with Gasteiger partial charge in [0.2, 0.25) is 0 Å². The first-order valence-corrected chi connectivity index (χ1v) is 6.08. The maximum atomic E-state index is 11.7. The zero-order valence-corrected chi connectivity index (χ0v) is 11.2. The van der Waals surface area contributed by atoms with Crippen LogP contribution >= 0.6 is 0 Å². The molecule has 2 rings (SSSR count). The molecule has 0 bridgehead atoms. The molecule has 0 amide bonds. The van der Waals surface area contributed by atoms with Crippen molar-refractivity contribution >= 4 is 5.97 Å². The van der Waals surface area contributed by atoms with Gasteiger partial charge in [-0.2, -0.15) is 0 Å². The second-order valence-electron chi connectivity index (χ2n) is 5.40. The molecule has 2 heterocycles. The molecule has 18 heavy (non-hydrogen) atoms. The molecule has 0 aromatic rings. The molecule has 2 saturated heterocycles. The molecule has 0 aromatic heterocycles. The van der Waals surface area contributed by atoms with Crippen LogP contribution in [0.15, 0.2) is 0 Å². The maximum absolute atomic E-state index is 11.7. The van der Waals surface area contributed by atoms with Gasteiger partial charge in [0.15, 0.2) is 17.7 Å². The lowest BCUT2D eigenvalue weighted by atomic mass is 10.3. The van der Waals surface area contributed by atoms with Crippen molar-refractivity contribution in [2.45, 2.75) is 51.5 Å². The van der Waals surface area contributed by atoms with Crippen LogP contribution in [-0.4, -0.2) is 49.6 Å². The van der Waals surface area contributed by atoms with Gasteiger partial charge in [0.05, 0.1) is 13.2 Å². The van der Waals surface area contributed by atoms with E-state index in [0.717, 1.165) is 0 Å². The van der Waals surface area contributed by atoms with Gasteiger partial charge in [-0.15, -0.1) is 0 Å². The zero-order chi connectivity index (χ0) is 13.4. The Labute approximate surface area is 106 Å². The smallest absolute Gasteiger partial charge is 0.337 e. The fourth-order valence-electron chi connectivity index (χ4n) is 1.92. The summed E-state index contributed by atoms with van der Waals surface area (Å²) in [5.74, 6) is -1.75. The minimum absolute atomic E-state index is 0.169. The number of carbonyl (C=O) groups is 1. The first kappa shape index (κ1) is 13.7. The summed E-state index contributed by atoms with van der Waals surface area (Å²) in [5.41, 5.74) is 0. The molecule has 6 nitrogen and oxygen atoms in total. The predicted octanol–water partition coefficient (Wildman–Crippen LogP) is 0.833. The largest absolute Gasteiger partial charge is 0.461 e. The molecule has 104 valence electrons. The normalized spacial score (nSPS) is 33.6. The Morgan fingerprint density at radius 2 is 1.72 bits per heavy atom. The minimum atomic E-state index is -0.724. The summed E-state index contributed by atoms with van der Waals surface area (Å²) in [6, 6.07) is 0. The van der Waals surface area contributed by atoms with Crippen LogP contribution in [0.5, 0.6) is 0 Å². The highest BCUT2D eigenvalue weighted by atomic mass is 16.8. The van der Waals surface area contributed by atoms with Crippen LogP contribution in [0.25, 0.3) is 0 Å². The predicted molar refractivity (Wildman–Crippen MR) is 60.8 cm³/mol. The van der Waals surface area contributed by atoms with Crippen LogP contribution in [0.2, 0.25) is 0 Å². The van der Waals surface area contributed by atoms with E-state index in [2.05, 4.69) is 0 Å². The van der Waals surface area contributed by atoms with Gasteiger partial charge in [-0.25, -0.2) is 4.79 Å². The molecule has 0 unspecified atom stereocenters. The van der Waals surface area contributed by atoms with E-state index in [1.807, 2.05) is 13.8 Å². The van der Waals surface area contributed by atoms with Gasteiger partial charge >= 0.3 is 5.97 Å². The number of hydrogen-bond acceptors (Lipinski definition) is 6. The second kappa shape index (κ2) is 4.77. The third kappa shape index (κ3) is 3.41. The standard InChI is InChI=1S/C12H20O6/c1-11(2)15-6-8(17-11)5-14-10(13)9-7-16-12(3,4)18-9/h8-9H,5-7H2,1-4H3/t8-,9+/m1/s1. The summed E-state index contributed by atoms with van der Waals surface area (Å²) in [5, 5.41) is 0. The Morgan fingerprint density at radius 1 is 1.11 bits per heavy atom. The molecule has 0 saturated carbocycles.